The molecule has 108 valence electrons. The second-order valence-corrected chi connectivity index (χ2v) is 6.23. The van der Waals surface area contributed by atoms with E-state index < -0.39 is 0 Å². The summed E-state index contributed by atoms with van der Waals surface area (Å²) in [6.07, 6.45) is 11.2. The maximum Gasteiger partial charge on any atom is 0.0366 e. The quantitative estimate of drug-likeness (QED) is 0.843. The highest BCUT2D eigenvalue weighted by Crippen LogP contribution is 2.21. The first-order chi connectivity index (χ1) is 9.81. The first-order valence-corrected chi connectivity index (χ1v) is 8.05. The van der Waals surface area contributed by atoms with E-state index >= 15 is 0 Å². The fourth-order valence-electron chi connectivity index (χ4n) is 3.31. The summed E-state index contributed by atoms with van der Waals surface area (Å²) in [5.74, 6) is 0. The molecule has 1 N–H and O–H groups in total. The number of nitrogens with one attached hydrogen (secondary N) is 1. The molecule has 0 bridgehead atoms. The van der Waals surface area contributed by atoms with Crippen LogP contribution < -0.4 is 10.2 Å². The summed E-state index contributed by atoms with van der Waals surface area (Å²) in [5, 5.41) is 3.83. The largest absolute Gasteiger partial charge is 0.371 e. The molecule has 1 saturated heterocycles. The molecule has 0 saturated carbocycles. The van der Waals surface area contributed by atoms with Crippen molar-refractivity contribution in [1.29, 1.82) is 0 Å². The van der Waals surface area contributed by atoms with Crippen LogP contribution in [0.3, 0.4) is 0 Å². The maximum atomic E-state index is 3.83. The average Bonchev–Trinajstić information content (AvgIpc) is 2.50. The minimum atomic E-state index is 0.625. The van der Waals surface area contributed by atoms with E-state index in [9.17, 15) is 0 Å². The standard InChI is InChI=1S/C18H26N2/c1-15-7-9-18(10-8-15)20-13-11-17(12-14-20)19-16-5-3-2-4-6-16/h3,5,7-10,16-17,19H,2,4,6,11-14H2,1H3. The van der Waals surface area contributed by atoms with E-state index in [1.165, 1.54) is 56.4 Å². The second-order valence-electron chi connectivity index (χ2n) is 6.23. The van der Waals surface area contributed by atoms with Gasteiger partial charge in [0.1, 0.15) is 0 Å². The lowest BCUT2D eigenvalue weighted by Gasteiger charge is -2.36. The molecule has 1 aliphatic carbocycles. The Morgan fingerprint density at radius 2 is 1.80 bits per heavy atom. The third-order valence-electron chi connectivity index (χ3n) is 4.60. The summed E-state index contributed by atoms with van der Waals surface area (Å²) in [6.45, 7) is 4.51. The van der Waals surface area contributed by atoms with E-state index in [0.29, 0.717) is 12.1 Å². The fourth-order valence-corrected chi connectivity index (χ4v) is 3.31. The molecular formula is C18H26N2. The molecule has 1 atom stereocenters. The van der Waals surface area contributed by atoms with Crippen LogP contribution in [-0.2, 0) is 0 Å². The molecule has 1 fully saturated rings. The molecule has 0 spiro atoms. The lowest BCUT2D eigenvalue weighted by atomic mass is 9.98. The highest BCUT2D eigenvalue weighted by Gasteiger charge is 2.21. The van der Waals surface area contributed by atoms with Crippen molar-refractivity contribution in [3.8, 4) is 0 Å². The lowest BCUT2D eigenvalue weighted by molar-refractivity contribution is 0.375. The van der Waals surface area contributed by atoms with Gasteiger partial charge in [0.2, 0.25) is 0 Å². The molecule has 2 nitrogen and oxygen atoms in total. The zero-order valence-electron chi connectivity index (χ0n) is 12.5. The Morgan fingerprint density at radius 3 is 2.45 bits per heavy atom. The van der Waals surface area contributed by atoms with Gasteiger partial charge in [-0.1, -0.05) is 29.8 Å². The van der Waals surface area contributed by atoms with Crippen molar-refractivity contribution in [2.24, 2.45) is 0 Å². The monoisotopic (exact) mass is 270 g/mol. The van der Waals surface area contributed by atoms with E-state index in [1.54, 1.807) is 0 Å². The van der Waals surface area contributed by atoms with E-state index in [0.717, 1.165) is 0 Å². The van der Waals surface area contributed by atoms with Gasteiger partial charge in [0.05, 0.1) is 0 Å². The Labute approximate surface area is 122 Å². The van der Waals surface area contributed by atoms with Crippen molar-refractivity contribution in [3.05, 3.63) is 42.0 Å². The predicted molar refractivity (Wildman–Crippen MR) is 86.3 cm³/mol. The Morgan fingerprint density at radius 1 is 1.05 bits per heavy atom. The first kappa shape index (κ1) is 13.7. The normalized spacial score (nSPS) is 24.1. The van der Waals surface area contributed by atoms with E-state index in [-0.39, 0.29) is 0 Å². The Kier molecular flexibility index (Phi) is 4.41. The van der Waals surface area contributed by atoms with Crippen LogP contribution in [0.15, 0.2) is 36.4 Å². The third kappa shape index (κ3) is 3.43. The van der Waals surface area contributed by atoms with Crippen molar-refractivity contribution in [2.45, 2.75) is 51.1 Å². The number of hydrogen-bond acceptors (Lipinski definition) is 2. The highest BCUT2D eigenvalue weighted by molar-refractivity contribution is 5.47. The van der Waals surface area contributed by atoms with Gasteiger partial charge < -0.3 is 10.2 Å². The molecule has 1 aromatic rings. The molecule has 2 aliphatic rings. The fraction of sp³-hybridized carbons (Fsp3) is 0.556. The molecule has 0 aromatic heterocycles. The number of aryl methyl sites for hydroxylation is 1. The lowest BCUT2D eigenvalue weighted by Crippen LogP contribution is -2.46. The van der Waals surface area contributed by atoms with Crippen LogP contribution in [0, 0.1) is 6.92 Å². The van der Waals surface area contributed by atoms with Crippen molar-refractivity contribution >= 4 is 5.69 Å². The van der Waals surface area contributed by atoms with Crippen molar-refractivity contribution in [1.82, 2.24) is 5.32 Å². The van der Waals surface area contributed by atoms with Crippen LogP contribution in [0.25, 0.3) is 0 Å². The maximum absolute atomic E-state index is 3.83. The number of allylic oxidation sites excluding steroid dienone is 1. The smallest absolute Gasteiger partial charge is 0.0366 e. The highest BCUT2D eigenvalue weighted by atomic mass is 15.1. The topological polar surface area (TPSA) is 15.3 Å². The zero-order valence-corrected chi connectivity index (χ0v) is 12.5. The molecule has 2 heteroatoms. The predicted octanol–water partition coefficient (Wildman–Crippen LogP) is 3.66. The number of piperidine rings is 1. The summed E-state index contributed by atoms with van der Waals surface area (Å²) in [5.41, 5.74) is 2.72. The van der Waals surface area contributed by atoms with Crippen molar-refractivity contribution in [3.63, 3.8) is 0 Å². The Hall–Kier alpha value is -1.28. The molecule has 0 radical (unpaired) electrons. The van der Waals surface area contributed by atoms with Gasteiger partial charge in [0.25, 0.3) is 0 Å². The summed E-state index contributed by atoms with van der Waals surface area (Å²) in [7, 11) is 0. The number of hydrogen-bond donors (Lipinski definition) is 1. The molecule has 0 amide bonds. The first-order valence-electron chi connectivity index (χ1n) is 8.05. The van der Waals surface area contributed by atoms with E-state index in [2.05, 4.69) is 53.6 Å². The van der Waals surface area contributed by atoms with E-state index in [4.69, 9.17) is 0 Å². The van der Waals surface area contributed by atoms with Crippen LogP contribution in [0.1, 0.15) is 37.7 Å². The number of anilines is 1. The molecule has 1 unspecified atom stereocenters. The van der Waals surface area contributed by atoms with E-state index in [1.807, 2.05) is 0 Å². The third-order valence-corrected chi connectivity index (χ3v) is 4.60. The molecule has 1 aliphatic heterocycles. The van der Waals surface area contributed by atoms with Gasteiger partial charge in [-0.25, -0.2) is 0 Å². The summed E-state index contributed by atoms with van der Waals surface area (Å²) >= 11 is 0. The summed E-state index contributed by atoms with van der Waals surface area (Å²) < 4.78 is 0. The molecular weight excluding hydrogens is 244 g/mol. The Balaban J connectivity index is 1.50. The van der Waals surface area contributed by atoms with Crippen LogP contribution in [0.4, 0.5) is 5.69 Å². The van der Waals surface area contributed by atoms with Crippen LogP contribution in [0.5, 0.6) is 0 Å². The number of rotatable bonds is 3. The summed E-state index contributed by atoms with van der Waals surface area (Å²) in [6, 6.07) is 10.3. The minimum absolute atomic E-state index is 0.625. The Bertz CT molecular complexity index is 441. The van der Waals surface area contributed by atoms with Gasteiger partial charge in [-0.05, 0) is 51.2 Å². The summed E-state index contributed by atoms with van der Waals surface area (Å²) in [4.78, 5) is 2.52. The van der Waals surface area contributed by atoms with Gasteiger partial charge in [-0.15, -0.1) is 0 Å². The van der Waals surface area contributed by atoms with Crippen molar-refractivity contribution in [2.75, 3.05) is 18.0 Å². The number of benzene rings is 1. The zero-order chi connectivity index (χ0) is 13.8. The molecule has 1 heterocycles. The van der Waals surface area contributed by atoms with Gasteiger partial charge >= 0.3 is 0 Å². The molecule has 20 heavy (non-hydrogen) atoms. The molecule has 3 rings (SSSR count). The molecule has 1 aromatic carbocycles. The second kappa shape index (κ2) is 6.45. The average molecular weight is 270 g/mol. The van der Waals surface area contributed by atoms with Crippen LogP contribution >= 0.6 is 0 Å². The van der Waals surface area contributed by atoms with Crippen LogP contribution in [-0.4, -0.2) is 25.2 Å². The van der Waals surface area contributed by atoms with Gasteiger partial charge in [0.15, 0.2) is 0 Å². The van der Waals surface area contributed by atoms with Crippen molar-refractivity contribution < 1.29 is 0 Å². The number of nitrogens with zero attached hydrogens (tertiary/aromatic N) is 1. The minimum Gasteiger partial charge on any atom is -0.371 e. The van der Waals surface area contributed by atoms with Crippen LogP contribution in [0.2, 0.25) is 0 Å². The van der Waals surface area contributed by atoms with Gasteiger partial charge in [-0.2, -0.15) is 0 Å². The SMILES string of the molecule is Cc1ccc(N2CCC(NC3C=CCCC3)CC2)cc1. The van der Waals surface area contributed by atoms with Gasteiger partial charge in [0, 0.05) is 30.9 Å². The van der Waals surface area contributed by atoms with Gasteiger partial charge in [-0.3, -0.25) is 0 Å².